The molecule has 0 radical (unpaired) electrons. The van der Waals surface area contributed by atoms with Gasteiger partial charge in [0.15, 0.2) is 6.20 Å². The Balaban J connectivity index is 1.16. The van der Waals surface area contributed by atoms with Gasteiger partial charge in [0.2, 0.25) is 16.9 Å². The van der Waals surface area contributed by atoms with Crippen molar-refractivity contribution < 1.29 is 4.68 Å². The van der Waals surface area contributed by atoms with E-state index in [1.54, 1.807) is 0 Å². The highest BCUT2D eigenvalue weighted by atomic mass is 16.2. The van der Waals surface area contributed by atoms with Crippen molar-refractivity contribution in [1.82, 2.24) is 23.3 Å². The number of pyridine rings is 2. The predicted molar refractivity (Wildman–Crippen MR) is 255 cm³/mol. The van der Waals surface area contributed by atoms with Crippen LogP contribution in [0.15, 0.2) is 200 Å². The monoisotopic (exact) mass is 806 g/mol. The highest BCUT2D eigenvalue weighted by Gasteiger charge is 3.11. The van der Waals surface area contributed by atoms with Gasteiger partial charge in [0.05, 0.1) is 16.6 Å². The number of hydrogen-bond acceptors (Lipinski definition) is 1. The third-order valence-corrected chi connectivity index (χ3v) is 15.5. The summed E-state index contributed by atoms with van der Waals surface area (Å²) in [7, 11) is 0. The molecule has 292 valence electrons. The number of nitrogens with zero attached hydrogens (tertiary/aromatic N) is 6. The molecule has 4 unspecified atom stereocenters. The largest absolute Gasteiger partial charge is 0.498 e. The van der Waals surface area contributed by atoms with Crippen molar-refractivity contribution >= 4 is 72.4 Å². The maximum Gasteiger partial charge on any atom is 0.498 e. The van der Waals surface area contributed by atoms with E-state index in [1.165, 1.54) is 106 Å². The van der Waals surface area contributed by atoms with Gasteiger partial charge >= 0.3 is 12.1 Å². The summed E-state index contributed by atoms with van der Waals surface area (Å²) in [5.41, 5.74) is 22.0. The molecule has 0 amide bonds. The molecular weight excluding hydrogens is 769 g/mol. The molecule has 3 aromatic heterocycles. The molecule has 5 aliphatic heterocycles. The number of rotatable bonds is 3. The van der Waals surface area contributed by atoms with Crippen LogP contribution in [0.3, 0.4) is 0 Å². The van der Waals surface area contributed by atoms with Gasteiger partial charge in [-0.05, 0) is 107 Å². The van der Waals surface area contributed by atoms with Crippen molar-refractivity contribution in [2.24, 2.45) is 0 Å². The second-order valence-electron chi connectivity index (χ2n) is 18.0. The number of hydrogen-bond donors (Lipinski definition) is 0. The van der Waals surface area contributed by atoms with Gasteiger partial charge in [0, 0.05) is 71.5 Å². The average Bonchev–Trinajstić information content (AvgIpc) is 3.59. The first kappa shape index (κ1) is 33.0. The standard InChI is InChI=1S/C57H38N6/c1-3-16-36(17-4-1)39-22-13-23-40(37-18-5-2-6-19-37)54(39)63-50-27-10-9-26-49(50)62(63)51-28-14-24-43-45-34-38-20-15-32-58-47(38)35-46(45)44-31-30-42-41-21-7-8-25-48(41)60-52-29-11-12-33-59(52)61(55(43)51,57(62)63)56(44)53(42)60/h1-5,7-18,20-35,57H,6,19H2/q+4. The van der Waals surface area contributed by atoms with Gasteiger partial charge in [-0.3, -0.25) is 4.98 Å². The second-order valence-corrected chi connectivity index (χ2v) is 18.0. The Labute approximate surface area is 363 Å². The van der Waals surface area contributed by atoms with Crippen LogP contribution >= 0.6 is 0 Å². The van der Waals surface area contributed by atoms with Gasteiger partial charge in [-0.2, -0.15) is 4.57 Å². The molecule has 16 rings (SSSR count). The van der Waals surface area contributed by atoms with E-state index >= 15 is 0 Å². The van der Waals surface area contributed by atoms with E-state index in [2.05, 4.69) is 204 Å². The molecule has 10 aromatic rings. The van der Waals surface area contributed by atoms with E-state index in [0.29, 0.717) is 13.8 Å². The molecule has 0 saturated carbocycles. The van der Waals surface area contributed by atoms with Crippen LogP contribution in [0.1, 0.15) is 18.4 Å². The van der Waals surface area contributed by atoms with Crippen LogP contribution in [0.4, 0.5) is 34.1 Å². The molecule has 0 N–H and O–H groups in total. The molecule has 1 saturated heterocycles. The first-order valence-corrected chi connectivity index (χ1v) is 22.2. The Morgan fingerprint density at radius 3 is 2.22 bits per heavy atom. The van der Waals surface area contributed by atoms with Crippen LogP contribution in [0.25, 0.3) is 77.5 Å². The summed E-state index contributed by atoms with van der Waals surface area (Å²) in [5, 5.41) is 3.70. The molecule has 7 aromatic carbocycles. The molecule has 6 aliphatic rings. The number of allylic oxidation sites excluding steroid dienone is 4. The zero-order valence-electron chi connectivity index (χ0n) is 34.2. The third-order valence-electron chi connectivity index (χ3n) is 15.5. The van der Waals surface area contributed by atoms with Crippen molar-refractivity contribution in [2.45, 2.75) is 19.1 Å². The zero-order chi connectivity index (χ0) is 40.8. The van der Waals surface area contributed by atoms with E-state index in [9.17, 15) is 0 Å². The quantitative estimate of drug-likeness (QED) is 0.0990. The van der Waals surface area contributed by atoms with Gasteiger partial charge < -0.3 is 0 Å². The van der Waals surface area contributed by atoms with E-state index in [4.69, 9.17) is 4.98 Å². The van der Waals surface area contributed by atoms with E-state index in [-0.39, 0.29) is 6.29 Å². The smallest absolute Gasteiger partial charge is 0.256 e. The van der Waals surface area contributed by atoms with E-state index in [0.717, 1.165) is 23.7 Å². The van der Waals surface area contributed by atoms with Crippen LogP contribution < -0.4 is 18.5 Å². The van der Waals surface area contributed by atoms with Gasteiger partial charge in [-0.15, -0.1) is 0 Å². The highest BCUT2D eigenvalue weighted by molar-refractivity contribution is 6.21. The summed E-state index contributed by atoms with van der Waals surface area (Å²) in [6, 6.07) is 64.6. The molecule has 2 spiro atoms. The molecule has 6 nitrogen and oxygen atoms in total. The lowest BCUT2D eigenvalue weighted by molar-refractivity contribution is -0.793. The van der Waals surface area contributed by atoms with Crippen LogP contribution in [0.5, 0.6) is 0 Å². The summed E-state index contributed by atoms with van der Waals surface area (Å²) >= 11 is 0. The fraction of sp³-hybridized carbons (Fsp3) is 0.0526. The number of benzene rings is 7. The number of aromatic nitrogens is 3. The number of fused-ring (bicyclic) bond motifs is 12. The zero-order valence-corrected chi connectivity index (χ0v) is 34.2. The molecule has 4 atom stereocenters. The molecule has 1 aliphatic carbocycles. The minimum atomic E-state index is -0.0639. The predicted octanol–water partition coefficient (Wildman–Crippen LogP) is 13.6. The molecule has 1 fully saturated rings. The van der Waals surface area contributed by atoms with Gasteiger partial charge in [0.1, 0.15) is 5.52 Å². The van der Waals surface area contributed by atoms with Crippen LogP contribution in [-0.4, -0.2) is 15.8 Å². The molecule has 8 heterocycles. The summed E-state index contributed by atoms with van der Waals surface area (Å²) in [6.07, 6.45) is 13.2. The third kappa shape index (κ3) is 3.42. The minimum absolute atomic E-state index is 0.0639. The van der Waals surface area contributed by atoms with E-state index < -0.39 is 0 Å². The van der Waals surface area contributed by atoms with Crippen molar-refractivity contribution in [1.29, 1.82) is 0 Å². The fourth-order valence-electron chi connectivity index (χ4n) is 13.4. The summed E-state index contributed by atoms with van der Waals surface area (Å²) in [6.45, 7) is 0. The number of para-hydroxylation sites is 5. The maximum absolute atomic E-state index is 4.98. The summed E-state index contributed by atoms with van der Waals surface area (Å²) < 4.78 is 7.11. The number of quaternary nitrogens is 3. The second kappa shape index (κ2) is 11.0. The lowest BCUT2D eigenvalue weighted by Gasteiger charge is -2.35. The fourth-order valence-corrected chi connectivity index (χ4v) is 13.4. The maximum atomic E-state index is 4.98. The van der Waals surface area contributed by atoms with Crippen LogP contribution in [0.2, 0.25) is 0 Å². The van der Waals surface area contributed by atoms with Gasteiger partial charge in [-0.1, -0.05) is 97.1 Å². The van der Waals surface area contributed by atoms with Crippen molar-refractivity contribution in [3.05, 3.63) is 206 Å². The van der Waals surface area contributed by atoms with Gasteiger partial charge in [-0.25, -0.2) is 0 Å². The Morgan fingerprint density at radius 1 is 0.556 bits per heavy atom. The van der Waals surface area contributed by atoms with Crippen LogP contribution in [0, 0.1) is 0 Å². The Bertz CT molecular complexity index is 3840. The Kier molecular flexibility index (Phi) is 5.76. The SMILES string of the molecule is C1=CCCC(c2cccc(-c3ccccc3)c2[N+]23c4ccccc4[N+]24c2cccc5c2[N+]2(c6c(ccc7c8ccccc8n(c67)-c6cccc[n+]62)-c2cc6ncccc6cc2-5)C43)=C1. The van der Waals surface area contributed by atoms with Crippen molar-refractivity contribution in [3.63, 3.8) is 0 Å². The molecule has 6 heteroatoms. The van der Waals surface area contributed by atoms with E-state index in [1.807, 2.05) is 6.20 Å². The summed E-state index contributed by atoms with van der Waals surface area (Å²) in [4.78, 5) is 4.98. The molecule has 0 bridgehead atoms. The Morgan fingerprint density at radius 2 is 1.32 bits per heavy atom. The molecule has 63 heavy (non-hydrogen) atoms. The minimum Gasteiger partial charge on any atom is -0.256 e. The average molecular weight is 807 g/mol. The first-order chi connectivity index (χ1) is 31.3. The first-order valence-electron chi connectivity index (χ1n) is 22.2. The Hall–Kier alpha value is -7.74. The molecular formula is C57H38N6+4. The topological polar surface area (TPSA) is 21.7 Å². The van der Waals surface area contributed by atoms with Crippen molar-refractivity contribution in [3.8, 4) is 39.2 Å². The highest BCUT2D eigenvalue weighted by Crippen LogP contribution is 2.86. The lowest BCUT2D eigenvalue weighted by atomic mass is 9.90. The van der Waals surface area contributed by atoms with Crippen LogP contribution in [-0.2, 0) is 0 Å². The van der Waals surface area contributed by atoms with Gasteiger partial charge in [0.25, 0.3) is 22.7 Å². The summed E-state index contributed by atoms with van der Waals surface area (Å²) in [5.74, 6) is 1.17. The van der Waals surface area contributed by atoms with Crippen molar-refractivity contribution in [2.75, 3.05) is 0 Å². The lowest BCUT2D eigenvalue weighted by Crippen LogP contribution is -2.74. The normalized spacial score (nSPS) is 23.2.